The second-order valence-corrected chi connectivity index (χ2v) is 7.50. The number of rotatable bonds is 7. The Morgan fingerprint density at radius 3 is 2.41 bits per heavy atom. The fraction of sp³-hybridized carbons (Fsp3) is 0.200. The monoisotopic (exact) mass is 542 g/mol. The summed E-state index contributed by atoms with van der Waals surface area (Å²) in [5.41, 5.74) is 9.06. The van der Waals surface area contributed by atoms with E-state index in [4.69, 9.17) is 10.5 Å². The van der Waals surface area contributed by atoms with E-state index >= 15 is 0 Å². The molecule has 166 valence electrons. The molecule has 4 rings (SSSR count). The molecule has 32 heavy (non-hydrogen) atoms. The SMILES string of the molecule is I.NC(=NCc1ccc(CN2CCCC2=O)cc1)Nc1cccc(Oc2ccccc2)c1. The fourth-order valence-electron chi connectivity index (χ4n) is 3.47. The zero-order chi connectivity index (χ0) is 21.5. The summed E-state index contributed by atoms with van der Waals surface area (Å²) in [4.78, 5) is 18.1. The van der Waals surface area contributed by atoms with Crippen LogP contribution in [0.15, 0.2) is 83.9 Å². The van der Waals surface area contributed by atoms with Gasteiger partial charge in [0.25, 0.3) is 0 Å². The first-order valence-corrected chi connectivity index (χ1v) is 10.4. The molecule has 3 N–H and O–H groups in total. The Bertz CT molecular complexity index is 1060. The van der Waals surface area contributed by atoms with Crippen LogP contribution in [0.25, 0.3) is 0 Å². The summed E-state index contributed by atoms with van der Waals surface area (Å²) in [7, 11) is 0. The predicted molar refractivity (Wildman–Crippen MR) is 138 cm³/mol. The Kier molecular flexibility index (Phi) is 8.49. The van der Waals surface area contributed by atoms with Gasteiger partial charge in [-0.1, -0.05) is 48.5 Å². The molecular weight excluding hydrogens is 515 g/mol. The maximum absolute atomic E-state index is 11.8. The van der Waals surface area contributed by atoms with Gasteiger partial charge in [-0.05, 0) is 41.8 Å². The highest BCUT2D eigenvalue weighted by molar-refractivity contribution is 14.0. The van der Waals surface area contributed by atoms with Crippen molar-refractivity contribution in [1.82, 2.24) is 4.90 Å². The van der Waals surface area contributed by atoms with Gasteiger partial charge in [0.1, 0.15) is 11.5 Å². The molecule has 0 aromatic heterocycles. The van der Waals surface area contributed by atoms with Crippen LogP contribution in [0.3, 0.4) is 0 Å². The van der Waals surface area contributed by atoms with Crippen molar-refractivity contribution in [3.05, 3.63) is 90.0 Å². The number of aliphatic imine (C=N–C) groups is 1. The number of amides is 1. The number of anilines is 1. The first-order valence-electron chi connectivity index (χ1n) is 10.4. The molecular formula is C25H27IN4O2. The van der Waals surface area contributed by atoms with Crippen molar-refractivity contribution in [2.45, 2.75) is 25.9 Å². The molecule has 3 aromatic carbocycles. The number of nitrogens with zero attached hydrogens (tertiary/aromatic N) is 2. The molecule has 1 aliphatic heterocycles. The van der Waals surface area contributed by atoms with E-state index < -0.39 is 0 Å². The summed E-state index contributed by atoms with van der Waals surface area (Å²) in [6.45, 7) is 2.00. The van der Waals surface area contributed by atoms with Gasteiger partial charge in [-0.25, -0.2) is 4.99 Å². The average molecular weight is 542 g/mol. The third-order valence-corrected chi connectivity index (χ3v) is 5.09. The van der Waals surface area contributed by atoms with Gasteiger partial charge in [0.05, 0.1) is 6.54 Å². The molecule has 0 atom stereocenters. The predicted octanol–water partition coefficient (Wildman–Crippen LogP) is 5.15. The van der Waals surface area contributed by atoms with Crippen molar-refractivity contribution >= 4 is 41.5 Å². The quantitative estimate of drug-likeness (QED) is 0.246. The summed E-state index contributed by atoms with van der Waals surface area (Å²) in [5, 5.41) is 3.11. The maximum Gasteiger partial charge on any atom is 0.222 e. The average Bonchev–Trinajstić information content (AvgIpc) is 3.18. The lowest BCUT2D eigenvalue weighted by atomic mass is 10.1. The van der Waals surface area contributed by atoms with E-state index in [1.165, 1.54) is 0 Å². The topological polar surface area (TPSA) is 80.0 Å². The molecule has 0 saturated carbocycles. The second kappa shape index (κ2) is 11.5. The normalized spacial score (nSPS) is 13.6. The van der Waals surface area contributed by atoms with Gasteiger partial charge in [0, 0.05) is 31.3 Å². The van der Waals surface area contributed by atoms with Crippen LogP contribution in [0, 0.1) is 0 Å². The van der Waals surface area contributed by atoms with Crippen molar-refractivity contribution in [3.63, 3.8) is 0 Å². The van der Waals surface area contributed by atoms with Gasteiger partial charge < -0.3 is 20.7 Å². The maximum atomic E-state index is 11.8. The van der Waals surface area contributed by atoms with Crippen LogP contribution in [0.4, 0.5) is 5.69 Å². The molecule has 0 bridgehead atoms. The zero-order valence-electron chi connectivity index (χ0n) is 17.7. The van der Waals surface area contributed by atoms with Crippen molar-refractivity contribution in [1.29, 1.82) is 0 Å². The zero-order valence-corrected chi connectivity index (χ0v) is 20.1. The summed E-state index contributed by atoms with van der Waals surface area (Å²) in [6.07, 6.45) is 1.62. The summed E-state index contributed by atoms with van der Waals surface area (Å²) < 4.78 is 5.85. The molecule has 1 saturated heterocycles. The molecule has 0 spiro atoms. The lowest BCUT2D eigenvalue weighted by Gasteiger charge is -2.15. The van der Waals surface area contributed by atoms with Crippen LogP contribution in [0.2, 0.25) is 0 Å². The number of benzene rings is 3. The number of ether oxygens (including phenoxy) is 1. The highest BCUT2D eigenvalue weighted by Gasteiger charge is 2.19. The number of likely N-dealkylation sites (tertiary alicyclic amines) is 1. The van der Waals surface area contributed by atoms with Gasteiger partial charge in [-0.2, -0.15) is 0 Å². The number of para-hydroxylation sites is 1. The first kappa shape index (κ1) is 23.6. The molecule has 1 fully saturated rings. The van der Waals surface area contributed by atoms with Gasteiger partial charge in [0.15, 0.2) is 5.96 Å². The minimum atomic E-state index is 0. The Labute approximate surface area is 205 Å². The van der Waals surface area contributed by atoms with E-state index in [2.05, 4.69) is 10.3 Å². The molecule has 6 nitrogen and oxygen atoms in total. The highest BCUT2D eigenvalue weighted by atomic mass is 127. The number of nitrogens with one attached hydrogen (secondary N) is 1. The van der Waals surface area contributed by atoms with Crippen LogP contribution in [-0.2, 0) is 17.9 Å². The largest absolute Gasteiger partial charge is 0.457 e. The number of nitrogens with two attached hydrogens (primary N) is 1. The third kappa shape index (κ3) is 6.71. The van der Waals surface area contributed by atoms with E-state index in [9.17, 15) is 4.79 Å². The van der Waals surface area contributed by atoms with Crippen LogP contribution in [0.1, 0.15) is 24.0 Å². The smallest absolute Gasteiger partial charge is 0.222 e. The van der Waals surface area contributed by atoms with Crippen LogP contribution >= 0.6 is 24.0 Å². The Morgan fingerprint density at radius 2 is 1.69 bits per heavy atom. The fourth-order valence-corrected chi connectivity index (χ4v) is 3.47. The van der Waals surface area contributed by atoms with Gasteiger partial charge >= 0.3 is 0 Å². The number of halogens is 1. The molecule has 0 aliphatic carbocycles. The summed E-state index contributed by atoms with van der Waals surface area (Å²) in [6, 6.07) is 25.4. The van der Waals surface area contributed by atoms with E-state index in [1.807, 2.05) is 83.8 Å². The van der Waals surface area contributed by atoms with Gasteiger partial charge in [-0.15, -0.1) is 24.0 Å². The number of guanidine groups is 1. The molecule has 7 heteroatoms. The minimum Gasteiger partial charge on any atom is -0.457 e. The molecule has 0 radical (unpaired) electrons. The van der Waals surface area contributed by atoms with Gasteiger partial charge in [-0.3, -0.25) is 4.79 Å². The Balaban J connectivity index is 0.00000289. The Hall–Kier alpha value is -3.07. The number of carbonyl (C=O) groups excluding carboxylic acids is 1. The van der Waals surface area contributed by atoms with E-state index in [0.717, 1.165) is 41.3 Å². The van der Waals surface area contributed by atoms with Crippen molar-refractivity contribution in [2.24, 2.45) is 10.7 Å². The van der Waals surface area contributed by atoms with Gasteiger partial charge in [0.2, 0.25) is 5.91 Å². The lowest BCUT2D eigenvalue weighted by Crippen LogP contribution is -2.23. The van der Waals surface area contributed by atoms with Crippen molar-refractivity contribution in [3.8, 4) is 11.5 Å². The number of carbonyl (C=O) groups is 1. The summed E-state index contributed by atoms with van der Waals surface area (Å²) >= 11 is 0. The molecule has 0 unspecified atom stereocenters. The third-order valence-electron chi connectivity index (χ3n) is 5.09. The minimum absolute atomic E-state index is 0. The Morgan fingerprint density at radius 1 is 0.969 bits per heavy atom. The van der Waals surface area contributed by atoms with E-state index in [-0.39, 0.29) is 29.9 Å². The van der Waals surface area contributed by atoms with Crippen LogP contribution in [-0.4, -0.2) is 23.3 Å². The van der Waals surface area contributed by atoms with Crippen molar-refractivity contribution < 1.29 is 9.53 Å². The van der Waals surface area contributed by atoms with Crippen LogP contribution in [0.5, 0.6) is 11.5 Å². The number of hydrogen-bond acceptors (Lipinski definition) is 3. The second-order valence-electron chi connectivity index (χ2n) is 7.50. The molecule has 1 heterocycles. The van der Waals surface area contributed by atoms with Crippen LogP contribution < -0.4 is 15.8 Å². The lowest BCUT2D eigenvalue weighted by molar-refractivity contribution is -0.128. The van der Waals surface area contributed by atoms with E-state index in [0.29, 0.717) is 25.5 Å². The standard InChI is InChI=1S/C25H26N4O2.HI/c26-25(28-21-6-4-9-23(16-21)31-22-7-2-1-3-8-22)27-17-19-11-13-20(14-12-19)18-29-15-5-10-24(29)30;/h1-4,6-9,11-14,16H,5,10,15,17-18H2,(H3,26,27,28);1H. The first-order chi connectivity index (χ1) is 15.2. The molecule has 1 amide bonds. The summed E-state index contributed by atoms with van der Waals surface area (Å²) in [5.74, 6) is 2.07. The van der Waals surface area contributed by atoms with Crippen molar-refractivity contribution in [2.75, 3.05) is 11.9 Å². The molecule has 3 aromatic rings. The highest BCUT2D eigenvalue weighted by Crippen LogP contribution is 2.23. The van der Waals surface area contributed by atoms with E-state index in [1.54, 1.807) is 0 Å². The number of hydrogen-bond donors (Lipinski definition) is 2. The molecule has 1 aliphatic rings.